The molecule has 0 radical (unpaired) electrons. The average Bonchev–Trinajstić information content (AvgIpc) is 2.32. The summed E-state index contributed by atoms with van der Waals surface area (Å²) in [6.07, 6.45) is 2.15. The van der Waals surface area contributed by atoms with Crippen LogP contribution in [0.5, 0.6) is 0 Å². The molecule has 0 amide bonds. The molecule has 0 saturated heterocycles. The van der Waals surface area contributed by atoms with Gasteiger partial charge < -0.3 is 10.7 Å². The first-order valence-corrected chi connectivity index (χ1v) is 4.02. The summed E-state index contributed by atoms with van der Waals surface area (Å²) in [6, 6.07) is 0. The largest absolute Gasteiger partial charge is 0.345 e. The maximum atomic E-state index is 5.52. The van der Waals surface area contributed by atoms with Gasteiger partial charge in [-0.05, 0) is 13.3 Å². The standard InChI is InChI=1S/C8H15N3/c1-3-4-7-8(5-9)11-6(2)10-7/h3-5,9H2,1-2H3,(H,10,11). The molecule has 0 fully saturated rings. The van der Waals surface area contributed by atoms with Crippen LogP contribution in [0.2, 0.25) is 0 Å². The Balaban J connectivity index is 2.83. The van der Waals surface area contributed by atoms with E-state index < -0.39 is 0 Å². The fourth-order valence-electron chi connectivity index (χ4n) is 1.20. The molecule has 0 aliphatic heterocycles. The quantitative estimate of drug-likeness (QED) is 0.684. The number of aromatic amines is 1. The topological polar surface area (TPSA) is 54.7 Å². The third kappa shape index (κ3) is 1.80. The highest BCUT2D eigenvalue weighted by molar-refractivity contribution is 5.13. The molecule has 62 valence electrons. The van der Waals surface area contributed by atoms with Gasteiger partial charge in [-0.15, -0.1) is 0 Å². The highest BCUT2D eigenvalue weighted by Gasteiger charge is 2.03. The zero-order chi connectivity index (χ0) is 8.27. The summed E-state index contributed by atoms with van der Waals surface area (Å²) in [7, 11) is 0. The number of hydrogen-bond donors (Lipinski definition) is 2. The third-order valence-corrected chi connectivity index (χ3v) is 1.67. The Kier molecular flexibility index (Phi) is 2.65. The van der Waals surface area contributed by atoms with E-state index in [0.717, 1.165) is 30.1 Å². The van der Waals surface area contributed by atoms with Crippen LogP contribution in [0.4, 0.5) is 0 Å². The zero-order valence-corrected chi connectivity index (χ0v) is 7.15. The number of rotatable bonds is 3. The number of aryl methyl sites for hydroxylation is 2. The molecule has 0 saturated carbocycles. The Labute approximate surface area is 67.0 Å². The molecule has 0 bridgehead atoms. The van der Waals surface area contributed by atoms with Gasteiger partial charge in [0.1, 0.15) is 5.82 Å². The normalized spacial score (nSPS) is 10.5. The van der Waals surface area contributed by atoms with Crippen LogP contribution in [0.3, 0.4) is 0 Å². The minimum atomic E-state index is 0.566. The first-order chi connectivity index (χ1) is 5.27. The van der Waals surface area contributed by atoms with Gasteiger partial charge in [0, 0.05) is 6.54 Å². The van der Waals surface area contributed by atoms with Crippen molar-refractivity contribution in [2.45, 2.75) is 33.2 Å². The number of nitrogens with two attached hydrogens (primary N) is 1. The molecule has 1 rings (SSSR count). The zero-order valence-electron chi connectivity index (χ0n) is 7.15. The molecule has 0 aliphatic rings. The van der Waals surface area contributed by atoms with Crippen LogP contribution < -0.4 is 5.73 Å². The second kappa shape index (κ2) is 3.53. The molecule has 0 aliphatic carbocycles. The van der Waals surface area contributed by atoms with Crippen LogP contribution in [0.25, 0.3) is 0 Å². The molecule has 3 N–H and O–H groups in total. The lowest BCUT2D eigenvalue weighted by atomic mass is 10.2. The summed E-state index contributed by atoms with van der Waals surface area (Å²) < 4.78 is 0. The van der Waals surface area contributed by atoms with Crippen LogP contribution in [0, 0.1) is 6.92 Å². The van der Waals surface area contributed by atoms with Gasteiger partial charge in [0.15, 0.2) is 0 Å². The van der Waals surface area contributed by atoms with E-state index in [1.807, 2.05) is 6.92 Å². The van der Waals surface area contributed by atoms with Gasteiger partial charge in [-0.25, -0.2) is 4.98 Å². The second-order valence-electron chi connectivity index (χ2n) is 2.70. The lowest BCUT2D eigenvalue weighted by Crippen LogP contribution is -2.00. The molecule has 0 atom stereocenters. The Morgan fingerprint density at radius 3 is 2.82 bits per heavy atom. The highest BCUT2D eigenvalue weighted by atomic mass is 14.9. The number of H-pyrrole nitrogens is 1. The van der Waals surface area contributed by atoms with Crippen LogP contribution >= 0.6 is 0 Å². The maximum absolute atomic E-state index is 5.52. The molecule has 1 aromatic heterocycles. The lowest BCUT2D eigenvalue weighted by molar-refractivity contribution is 0.860. The average molecular weight is 153 g/mol. The van der Waals surface area contributed by atoms with Crippen molar-refractivity contribution in [3.63, 3.8) is 0 Å². The number of aromatic nitrogens is 2. The third-order valence-electron chi connectivity index (χ3n) is 1.67. The summed E-state index contributed by atoms with van der Waals surface area (Å²) in [5.41, 5.74) is 7.74. The van der Waals surface area contributed by atoms with Gasteiger partial charge in [0.2, 0.25) is 0 Å². The van der Waals surface area contributed by atoms with E-state index in [2.05, 4.69) is 16.9 Å². The summed E-state index contributed by atoms with van der Waals surface area (Å²) in [5, 5.41) is 0. The van der Waals surface area contributed by atoms with E-state index in [4.69, 9.17) is 5.73 Å². The molecule has 0 aromatic carbocycles. The van der Waals surface area contributed by atoms with E-state index in [1.165, 1.54) is 0 Å². The molecule has 3 nitrogen and oxygen atoms in total. The van der Waals surface area contributed by atoms with Gasteiger partial charge in [0.25, 0.3) is 0 Å². The van der Waals surface area contributed by atoms with Crippen molar-refractivity contribution in [1.82, 2.24) is 9.97 Å². The molecular weight excluding hydrogens is 138 g/mol. The van der Waals surface area contributed by atoms with Crippen LogP contribution in [0.1, 0.15) is 30.6 Å². The molecule has 1 heterocycles. The first-order valence-electron chi connectivity index (χ1n) is 4.02. The van der Waals surface area contributed by atoms with Crippen LogP contribution in [0.15, 0.2) is 0 Å². The summed E-state index contributed by atoms with van der Waals surface area (Å²) in [5.74, 6) is 0.967. The van der Waals surface area contributed by atoms with Gasteiger partial charge in [-0.1, -0.05) is 13.3 Å². The monoisotopic (exact) mass is 153 g/mol. The predicted molar refractivity (Wildman–Crippen MR) is 45.2 cm³/mol. The van der Waals surface area contributed by atoms with Gasteiger partial charge in [-0.2, -0.15) is 0 Å². The summed E-state index contributed by atoms with van der Waals surface area (Å²) >= 11 is 0. The van der Waals surface area contributed by atoms with Crippen molar-refractivity contribution in [3.8, 4) is 0 Å². The van der Waals surface area contributed by atoms with E-state index in [-0.39, 0.29) is 0 Å². The van der Waals surface area contributed by atoms with E-state index >= 15 is 0 Å². The minimum absolute atomic E-state index is 0.566. The SMILES string of the molecule is CCCc1nc(C)[nH]c1CN. The molecular formula is C8H15N3. The smallest absolute Gasteiger partial charge is 0.103 e. The second-order valence-corrected chi connectivity index (χ2v) is 2.70. The van der Waals surface area contributed by atoms with Gasteiger partial charge in [-0.3, -0.25) is 0 Å². The maximum Gasteiger partial charge on any atom is 0.103 e. The molecule has 0 spiro atoms. The molecule has 0 unspecified atom stereocenters. The van der Waals surface area contributed by atoms with Crippen molar-refractivity contribution < 1.29 is 0 Å². The van der Waals surface area contributed by atoms with Crippen molar-refractivity contribution in [2.24, 2.45) is 5.73 Å². The summed E-state index contributed by atoms with van der Waals surface area (Å²) in [6.45, 7) is 4.67. The van der Waals surface area contributed by atoms with Crippen molar-refractivity contribution in [1.29, 1.82) is 0 Å². The molecule has 3 heteroatoms. The Morgan fingerprint density at radius 2 is 2.27 bits per heavy atom. The Bertz CT molecular complexity index is 227. The van der Waals surface area contributed by atoms with Crippen LogP contribution in [-0.4, -0.2) is 9.97 Å². The van der Waals surface area contributed by atoms with Crippen LogP contribution in [-0.2, 0) is 13.0 Å². The molecule has 11 heavy (non-hydrogen) atoms. The van der Waals surface area contributed by atoms with Gasteiger partial charge in [0.05, 0.1) is 11.4 Å². The number of nitrogens with zero attached hydrogens (tertiary/aromatic N) is 1. The van der Waals surface area contributed by atoms with Crippen molar-refractivity contribution in [2.75, 3.05) is 0 Å². The van der Waals surface area contributed by atoms with E-state index in [9.17, 15) is 0 Å². The number of imidazole rings is 1. The highest BCUT2D eigenvalue weighted by Crippen LogP contribution is 2.06. The molecule has 1 aromatic rings. The predicted octanol–water partition coefficient (Wildman–Crippen LogP) is 1.13. The Morgan fingerprint density at radius 1 is 1.55 bits per heavy atom. The summed E-state index contributed by atoms with van der Waals surface area (Å²) in [4.78, 5) is 7.48. The fourth-order valence-corrected chi connectivity index (χ4v) is 1.20. The van der Waals surface area contributed by atoms with Gasteiger partial charge >= 0.3 is 0 Å². The lowest BCUT2D eigenvalue weighted by Gasteiger charge is -1.94. The minimum Gasteiger partial charge on any atom is -0.345 e. The van der Waals surface area contributed by atoms with E-state index in [0.29, 0.717) is 6.54 Å². The first kappa shape index (κ1) is 8.27. The number of nitrogens with one attached hydrogen (secondary N) is 1. The van der Waals surface area contributed by atoms with Crippen molar-refractivity contribution >= 4 is 0 Å². The van der Waals surface area contributed by atoms with Crippen molar-refractivity contribution in [3.05, 3.63) is 17.2 Å². The fraction of sp³-hybridized carbons (Fsp3) is 0.625. The van der Waals surface area contributed by atoms with E-state index in [1.54, 1.807) is 0 Å². The number of hydrogen-bond acceptors (Lipinski definition) is 2. The Hall–Kier alpha value is -0.830.